The van der Waals surface area contributed by atoms with Gasteiger partial charge in [-0.2, -0.15) is 0 Å². The Morgan fingerprint density at radius 2 is 1.95 bits per heavy atom. The molecule has 0 fully saturated rings. The van der Waals surface area contributed by atoms with E-state index < -0.39 is 0 Å². The van der Waals surface area contributed by atoms with E-state index >= 15 is 0 Å². The number of pyridine rings is 1. The van der Waals surface area contributed by atoms with Gasteiger partial charge >= 0.3 is 0 Å². The molecule has 0 saturated heterocycles. The number of benzene rings is 1. The van der Waals surface area contributed by atoms with Crippen molar-refractivity contribution in [2.75, 3.05) is 0 Å². The minimum atomic E-state index is -0.0753. The van der Waals surface area contributed by atoms with E-state index in [0.29, 0.717) is 27.2 Å². The van der Waals surface area contributed by atoms with Crippen molar-refractivity contribution < 1.29 is 4.79 Å². The lowest BCUT2D eigenvalue weighted by Crippen LogP contribution is -2.00. The summed E-state index contributed by atoms with van der Waals surface area (Å²) in [6.45, 7) is 0. The number of ketones is 1. The zero-order valence-corrected chi connectivity index (χ0v) is 12.0. The molecule has 0 radical (unpaired) electrons. The zero-order valence-electron chi connectivity index (χ0n) is 9.65. The number of nitrogens with zero attached hydrogens (tertiary/aromatic N) is 1. The standard InChI is InChI=1S/C14H8BrClN2O/c15-9-3-1-8(2-4-9)13(19)10-7-18-14-12(10)11(16)5-6-17-14/h1-7H,(H,17,18). The maximum atomic E-state index is 12.5. The highest BCUT2D eigenvalue weighted by Gasteiger charge is 2.16. The van der Waals surface area contributed by atoms with Gasteiger partial charge in [0.15, 0.2) is 5.78 Å². The fourth-order valence-electron chi connectivity index (χ4n) is 1.95. The van der Waals surface area contributed by atoms with Crippen molar-refractivity contribution in [1.29, 1.82) is 0 Å². The molecule has 94 valence electrons. The third kappa shape index (κ3) is 2.17. The van der Waals surface area contributed by atoms with Crippen LogP contribution in [-0.4, -0.2) is 15.8 Å². The summed E-state index contributed by atoms with van der Waals surface area (Å²) in [7, 11) is 0. The fraction of sp³-hybridized carbons (Fsp3) is 0. The summed E-state index contributed by atoms with van der Waals surface area (Å²) >= 11 is 9.49. The molecule has 0 amide bonds. The predicted molar refractivity (Wildman–Crippen MR) is 78.7 cm³/mol. The van der Waals surface area contributed by atoms with Crippen LogP contribution < -0.4 is 0 Å². The summed E-state index contributed by atoms with van der Waals surface area (Å²) in [6, 6.07) is 8.89. The first-order valence-electron chi connectivity index (χ1n) is 5.58. The first kappa shape index (κ1) is 12.4. The number of halogens is 2. The molecule has 0 unspecified atom stereocenters. The van der Waals surface area contributed by atoms with E-state index in [1.54, 1.807) is 30.6 Å². The van der Waals surface area contributed by atoms with Crippen LogP contribution in [0.2, 0.25) is 5.02 Å². The van der Waals surface area contributed by atoms with Gasteiger partial charge in [-0.15, -0.1) is 0 Å². The van der Waals surface area contributed by atoms with Crippen LogP contribution in [-0.2, 0) is 0 Å². The second kappa shape index (κ2) is 4.79. The Labute approximate surface area is 122 Å². The number of hydrogen-bond donors (Lipinski definition) is 1. The number of nitrogens with one attached hydrogen (secondary N) is 1. The van der Waals surface area contributed by atoms with Crippen LogP contribution in [0, 0.1) is 0 Å². The summed E-state index contributed by atoms with van der Waals surface area (Å²) in [5, 5.41) is 1.18. The Balaban J connectivity index is 2.14. The lowest BCUT2D eigenvalue weighted by atomic mass is 10.0. The van der Waals surface area contributed by atoms with Gasteiger partial charge in [0.2, 0.25) is 0 Å². The SMILES string of the molecule is O=C(c1ccc(Br)cc1)c1c[nH]c2nccc(Cl)c12. The van der Waals surface area contributed by atoms with Gasteiger partial charge in [0, 0.05) is 27.8 Å². The van der Waals surface area contributed by atoms with Gasteiger partial charge < -0.3 is 4.98 Å². The zero-order chi connectivity index (χ0) is 13.4. The molecule has 19 heavy (non-hydrogen) atoms. The van der Waals surface area contributed by atoms with Crippen molar-refractivity contribution in [3.05, 3.63) is 63.3 Å². The van der Waals surface area contributed by atoms with Crippen molar-refractivity contribution in [2.24, 2.45) is 0 Å². The largest absolute Gasteiger partial charge is 0.345 e. The molecule has 3 nitrogen and oxygen atoms in total. The highest BCUT2D eigenvalue weighted by Crippen LogP contribution is 2.27. The Hall–Kier alpha value is -1.65. The molecular weight excluding hydrogens is 328 g/mol. The topological polar surface area (TPSA) is 45.8 Å². The molecule has 1 N–H and O–H groups in total. The highest BCUT2D eigenvalue weighted by atomic mass is 79.9. The Bertz CT molecular complexity index is 765. The summed E-state index contributed by atoms with van der Waals surface area (Å²) in [5.74, 6) is -0.0753. The summed E-state index contributed by atoms with van der Waals surface area (Å²) < 4.78 is 0.933. The Morgan fingerprint density at radius 3 is 2.68 bits per heavy atom. The van der Waals surface area contributed by atoms with Crippen molar-refractivity contribution >= 4 is 44.3 Å². The van der Waals surface area contributed by atoms with Crippen LogP contribution >= 0.6 is 27.5 Å². The number of carbonyl (C=O) groups is 1. The normalized spacial score (nSPS) is 10.8. The van der Waals surface area contributed by atoms with Crippen LogP contribution in [0.5, 0.6) is 0 Å². The smallest absolute Gasteiger partial charge is 0.195 e. The third-order valence-electron chi connectivity index (χ3n) is 2.87. The van der Waals surface area contributed by atoms with Crippen LogP contribution in [0.1, 0.15) is 15.9 Å². The molecule has 0 spiro atoms. The monoisotopic (exact) mass is 334 g/mol. The van der Waals surface area contributed by atoms with Crippen LogP contribution in [0.25, 0.3) is 11.0 Å². The molecule has 3 aromatic rings. The number of carbonyl (C=O) groups excluding carboxylic acids is 1. The first-order valence-corrected chi connectivity index (χ1v) is 6.76. The molecule has 1 aromatic carbocycles. The lowest BCUT2D eigenvalue weighted by molar-refractivity contribution is 0.104. The van der Waals surface area contributed by atoms with E-state index in [1.165, 1.54) is 0 Å². The van der Waals surface area contributed by atoms with Gasteiger partial charge in [-0.1, -0.05) is 27.5 Å². The summed E-state index contributed by atoms with van der Waals surface area (Å²) in [6.07, 6.45) is 3.25. The van der Waals surface area contributed by atoms with Crippen LogP contribution in [0.3, 0.4) is 0 Å². The number of H-pyrrole nitrogens is 1. The molecule has 5 heteroatoms. The number of aromatic amines is 1. The molecule has 0 aliphatic heterocycles. The predicted octanol–water partition coefficient (Wildman–Crippen LogP) is 4.21. The maximum Gasteiger partial charge on any atom is 0.195 e. The molecule has 2 heterocycles. The second-order valence-corrected chi connectivity index (χ2v) is 5.38. The van der Waals surface area contributed by atoms with Gasteiger partial charge in [-0.05, 0) is 30.3 Å². The third-order valence-corrected chi connectivity index (χ3v) is 3.72. The van der Waals surface area contributed by atoms with E-state index in [0.717, 1.165) is 4.47 Å². The quantitative estimate of drug-likeness (QED) is 0.713. The van der Waals surface area contributed by atoms with Crippen molar-refractivity contribution in [2.45, 2.75) is 0 Å². The average Bonchev–Trinajstić information content (AvgIpc) is 2.84. The summed E-state index contributed by atoms with van der Waals surface area (Å²) in [4.78, 5) is 19.6. The maximum absolute atomic E-state index is 12.5. The number of rotatable bonds is 2. The van der Waals surface area contributed by atoms with Crippen LogP contribution in [0.4, 0.5) is 0 Å². The second-order valence-electron chi connectivity index (χ2n) is 4.05. The highest BCUT2D eigenvalue weighted by molar-refractivity contribution is 9.10. The minimum absolute atomic E-state index is 0.0753. The lowest BCUT2D eigenvalue weighted by Gasteiger charge is -2.01. The number of hydrogen-bond acceptors (Lipinski definition) is 2. The van der Waals surface area contributed by atoms with Crippen LogP contribution in [0.15, 0.2) is 47.2 Å². The van der Waals surface area contributed by atoms with Gasteiger partial charge in [0.05, 0.1) is 10.6 Å². The molecule has 0 atom stereocenters. The van der Waals surface area contributed by atoms with Gasteiger partial charge in [-0.3, -0.25) is 4.79 Å². The molecular formula is C14H8BrClN2O. The van der Waals surface area contributed by atoms with Crippen molar-refractivity contribution in [3.63, 3.8) is 0 Å². The van der Waals surface area contributed by atoms with E-state index in [1.807, 2.05) is 12.1 Å². The molecule has 0 aliphatic carbocycles. The molecule has 2 aromatic heterocycles. The van der Waals surface area contributed by atoms with Crippen molar-refractivity contribution in [1.82, 2.24) is 9.97 Å². The molecule has 0 saturated carbocycles. The molecule has 3 rings (SSSR count). The van der Waals surface area contributed by atoms with E-state index in [4.69, 9.17) is 11.6 Å². The fourth-order valence-corrected chi connectivity index (χ4v) is 2.46. The van der Waals surface area contributed by atoms with Crippen molar-refractivity contribution in [3.8, 4) is 0 Å². The van der Waals surface area contributed by atoms with E-state index in [9.17, 15) is 4.79 Å². The molecule has 0 bridgehead atoms. The average molecular weight is 336 g/mol. The van der Waals surface area contributed by atoms with Gasteiger partial charge in [0.1, 0.15) is 5.65 Å². The minimum Gasteiger partial charge on any atom is -0.345 e. The Morgan fingerprint density at radius 1 is 1.21 bits per heavy atom. The number of aromatic nitrogens is 2. The summed E-state index contributed by atoms with van der Waals surface area (Å²) in [5.41, 5.74) is 1.77. The molecule has 0 aliphatic rings. The van der Waals surface area contributed by atoms with E-state index in [2.05, 4.69) is 25.9 Å². The first-order chi connectivity index (χ1) is 9.16. The van der Waals surface area contributed by atoms with Gasteiger partial charge in [-0.25, -0.2) is 4.98 Å². The Kier molecular flexibility index (Phi) is 3.12. The van der Waals surface area contributed by atoms with E-state index in [-0.39, 0.29) is 5.78 Å². The van der Waals surface area contributed by atoms with Gasteiger partial charge in [0.25, 0.3) is 0 Å². The number of fused-ring (bicyclic) bond motifs is 1.